The molecule has 0 bridgehead atoms. The number of amides is 2. The van der Waals surface area contributed by atoms with Crippen molar-refractivity contribution in [3.8, 4) is 0 Å². The van der Waals surface area contributed by atoms with E-state index >= 15 is 0 Å². The van der Waals surface area contributed by atoms with E-state index in [2.05, 4.69) is 5.32 Å². The second kappa shape index (κ2) is 12.7. The van der Waals surface area contributed by atoms with Gasteiger partial charge in [0, 0.05) is 6.92 Å². The highest BCUT2D eigenvalue weighted by molar-refractivity contribution is 5.88. The Morgan fingerprint density at radius 3 is 2.14 bits per heavy atom. The van der Waals surface area contributed by atoms with Crippen molar-refractivity contribution in [1.29, 1.82) is 0 Å². The molecule has 2 amide bonds. The second-order valence-corrected chi connectivity index (χ2v) is 7.31. The minimum absolute atomic E-state index is 0.0240. The average Bonchev–Trinajstić information content (AvgIpc) is 2.77. The van der Waals surface area contributed by atoms with Crippen molar-refractivity contribution in [1.82, 2.24) is 10.4 Å². The molecule has 1 aliphatic rings. The Balaban J connectivity index is 0.000000762. The standard InChI is InChI=1S/C19H25N3O6.C2HF3O2/c1-3-12-6-4-5-7-13(12)8-9-22(27)18(24)17-16(21-11(2)23)14(20)10-15(28-17)19(25)26;3-2(4,5)1(6)7/h4-7,10,14,16-17,27H,3,8-9,20H2,1-2H3,(H,21,23)(H,25,26);(H,6,7)/t14-,16+,17+;/m0./s1. The first-order valence-corrected chi connectivity index (χ1v) is 10.2. The van der Waals surface area contributed by atoms with E-state index < -0.39 is 53.9 Å². The van der Waals surface area contributed by atoms with Crippen molar-refractivity contribution in [3.63, 3.8) is 0 Å². The van der Waals surface area contributed by atoms with Crippen LogP contribution in [-0.2, 0) is 36.8 Å². The Hall–Kier alpha value is -3.65. The number of nitrogens with two attached hydrogens (primary N) is 1. The number of carboxylic acids is 2. The monoisotopic (exact) mass is 505 g/mol. The number of carbonyl (C=O) groups is 4. The second-order valence-electron chi connectivity index (χ2n) is 7.31. The molecule has 0 aliphatic carbocycles. The number of hydrogen-bond donors (Lipinski definition) is 5. The van der Waals surface area contributed by atoms with E-state index in [0.717, 1.165) is 23.6 Å². The lowest BCUT2D eigenvalue weighted by atomic mass is 9.97. The molecule has 14 heteroatoms. The summed E-state index contributed by atoms with van der Waals surface area (Å²) in [6.07, 6.45) is -4.21. The number of carbonyl (C=O) groups excluding carboxylic acids is 2. The molecule has 0 saturated heterocycles. The van der Waals surface area contributed by atoms with E-state index in [1.807, 2.05) is 31.2 Å². The van der Waals surface area contributed by atoms with Crippen molar-refractivity contribution in [3.05, 3.63) is 47.2 Å². The minimum Gasteiger partial charge on any atom is -0.475 e. The summed E-state index contributed by atoms with van der Waals surface area (Å²) in [5, 5.41) is 29.5. The summed E-state index contributed by atoms with van der Waals surface area (Å²) in [6, 6.07) is 5.70. The van der Waals surface area contributed by atoms with E-state index in [0.29, 0.717) is 11.5 Å². The zero-order valence-electron chi connectivity index (χ0n) is 18.8. The van der Waals surface area contributed by atoms with Crippen molar-refractivity contribution in [2.45, 2.75) is 51.1 Å². The number of ether oxygens (including phenoxy) is 1. The molecule has 6 N–H and O–H groups in total. The number of aryl methyl sites for hydroxylation is 1. The molecule has 11 nitrogen and oxygen atoms in total. The highest BCUT2D eigenvalue weighted by Crippen LogP contribution is 2.20. The third-order valence-electron chi connectivity index (χ3n) is 4.75. The third-order valence-corrected chi connectivity index (χ3v) is 4.75. The number of nitrogens with one attached hydrogen (secondary N) is 1. The normalized spacial score (nSPS) is 19.3. The predicted molar refractivity (Wildman–Crippen MR) is 113 cm³/mol. The molecule has 0 fully saturated rings. The first-order valence-electron chi connectivity index (χ1n) is 10.2. The van der Waals surface area contributed by atoms with Crippen LogP contribution in [0.1, 0.15) is 25.0 Å². The maximum absolute atomic E-state index is 12.7. The van der Waals surface area contributed by atoms with Gasteiger partial charge >= 0.3 is 18.1 Å². The molecular formula is C21H26F3N3O8. The van der Waals surface area contributed by atoms with Crippen molar-refractivity contribution >= 4 is 23.8 Å². The first-order chi connectivity index (χ1) is 16.2. The molecule has 35 heavy (non-hydrogen) atoms. The quantitative estimate of drug-likeness (QED) is 0.265. The summed E-state index contributed by atoms with van der Waals surface area (Å²) in [4.78, 5) is 44.3. The van der Waals surface area contributed by atoms with Crippen LogP contribution in [0.15, 0.2) is 36.1 Å². The van der Waals surface area contributed by atoms with Crippen LogP contribution in [0.2, 0.25) is 0 Å². The Kier molecular flexibility index (Phi) is 10.7. The summed E-state index contributed by atoms with van der Waals surface area (Å²) < 4.78 is 37.0. The number of aliphatic carboxylic acids is 2. The Bertz CT molecular complexity index is 967. The molecule has 1 aliphatic heterocycles. The maximum atomic E-state index is 12.7. The number of hydrogen-bond acceptors (Lipinski definition) is 7. The lowest BCUT2D eigenvalue weighted by Crippen LogP contribution is -2.61. The summed E-state index contributed by atoms with van der Waals surface area (Å²) in [5.74, 6) is -5.99. The molecule has 3 atom stereocenters. The summed E-state index contributed by atoms with van der Waals surface area (Å²) in [5.41, 5.74) is 7.99. The number of alkyl halides is 3. The number of carboxylic acid groups (broad SMARTS) is 2. The fourth-order valence-corrected chi connectivity index (χ4v) is 3.09. The van der Waals surface area contributed by atoms with E-state index in [1.54, 1.807) is 0 Å². The smallest absolute Gasteiger partial charge is 0.475 e. The molecule has 0 aromatic heterocycles. The summed E-state index contributed by atoms with van der Waals surface area (Å²) in [6.45, 7) is 3.22. The van der Waals surface area contributed by atoms with Crippen molar-refractivity contribution in [2.75, 3.05) is 6.54 Å². The van der Waals surface area contributed by atoms with Crippen LogP contribution in [0.25, 0.3) is 0 Å². The van der Waals surface area contributed by atoms with Crippen LogP contribution in [-0.4, -0.2) is 75.1 Å². The largest absolute Gasteiger partial charge is 0.490 e. The molecule has 0 radical (unpaired) electrons. The van der Waals surface area contributed by atoms with Gasteiger partial charge in [-0.3, -0.25) is 14.8 Å². The summed E-state index contributed by atoms with van der Waals surface area (Å²) >= 11 is 0. The van der Waals surface area contributed by atoms with E-state index in [9.17, 15) is 32.8 Å². The van der Waals surface area contributed by atoms with Crippen LogP contribution in [0, 0.1) is 0 Å². The fourth-order valence-electron chi connectivity index (χ4n) is 3.09. The van der Waals surface area contributed by atoms with Crippen molar-refractivity contribution in [2.24, 2.45) is 5.73 Å². The highest BCUT2D eigenvalue weighted by atomic mass is 19.4. The molecular weight excluding hydrogens is 479 g/mol. The topological polar surface area (TPSA) is 179 Å². The van der Waals surface area contributed by atoms with Gasteiger partial charge in [-0.1, -0.05) is 31.2 Å². The molecule has 1 aromatic carbocycles. The number of rotatable bonds is 7. The van der Waals surface area contributed by atoms with Gasteiger partial charge in [0.15, 0.2) is 0 Å². The van der Waals surface area contributed by atoms with Gasteiger partial charge in [0.05, 0.1) is 18.6 Å². The molecule has 1 heterocycles. The molecule has 0 unspecified atom stereocenters. The molecule has 2 rings (SSSR count). The highest BCUT2D eigenvalue weighted by Gasteiger charge is 2.42. The first kappa shape index (κ1) is 29.4. The van der Waals surface area contributed by atoms with Crippen LogP contribution < -0.4 is 11.1 Å². The number of nitrogens with zero attached hydrogens (tertiary/aromatic N) is 1. The van der Waals surface area contributed by atoms with E-state index in [-0.39, 0.29) is 6.54 Å². The molecule has 1 aromatic rings. The van der Waals surface area contributed by atoms with Crippen molar-refractivity contribution < 1.29 is 52.5 Å². The van der Waals surface area contributed by atoms with Gasteiger partial charge in [-0.25, -0.2) is 14.7 Å². The summed E-state index contributed by atoms with van der Waals surface area (Å²) in [7, 11) is 0. The zero-order valence-corrected chi connectivity index (χ0v) is 18.8. The SMILES string of the molecule is CCc1ccccc1CCN(O)C(=O)[C@@H]1OC(C(=O)O)=C[C@H](N)[C@H]1NC(C)=O.O=C(O)C(F)(F)F. The number of halogens is 3. The predicted octanol–water partition coefficient (Wildman–Crippen LogP) is 0.842. The number of hydroxylamine groups is 2. The van der Waals surface area contributed by atoms with Gasteiger partial charge in [-0.05, 0) is 30.0 Å². The third kappa shape index (κ3) is 8.90. The lowest BCUT2D eigenvalue weighted by Gasteiger charge is -2.35. The fraction of sp³-hybridized carbons (Fsp3) is 0.429. The van der Waals surface area contributed by atoms with Gasteiger partial charge in [0.2, 0.25) is 17.8 Å². The molecule has 0 spiro atoms. The van der Waals surface area contributed by atoms with Crippen LogP contribution >= 0.6 is 0 Å². The lowest BCUT2D eigenvalue weighted by molar-refractivity contribution is -0.192. The average molecular weight is 505 g/mol. The molecule has 194 valence electrons. The Labute approximate surface area is 197 Å². The van der Waals surface area contributed by atoms with Gasteiger partial charge in [0.25, 0.3) is 5.91 Å². The number of benzene rings is 1. The van der Waals surface area contributed by atoms with E-state index in [4.69, 9.17) is 25.5 Å². The van der Waals surface area contributed by atoms with E-state index in [1.165, 1.54) is 6.92 Å². The van der Waals surface area contributed by atoms with Gasteiger partial charge < -0.3 is 26.0 Å². The van der Waals surface area contributed by atoms with Gasteiger partial charge in [-0.2, -0.15) is 13.2 Å². The van der Waals surface area contributed by atoms with Gasteiger partial charge in [0.1, 0.15) is 0 Å². The zero-order chi connectivity index (χ0) is 26.9. The van der Waals surface area contributed by atoms with Gasteiger partial charge in [-0.15, -0.1) is 0 Å². The van der Waals surface area contributed by atoms with Crippen LogP contribution in [0.3, 0.4) is 0 Å². The van der Waals surface area contributed by atoms with Crippen LogP contribution in [0.5, 0.6) is 0 Å². The Morgan fingerprint density at radius 1 is 1.14 bits per heavy atom. The maximum Gasteiger partial charge on any atom is 0.490 e. The van der Waals surface area contributed by atoms with Crippen LogP contribution in [0.4, 0.5) is 13.2 Å². The Morgan fingerprint density at radius 2 is 1.69 bits per heavy atom. The minimum atomic E-state index is -5.08. The molecule has 0 saturated carbocycles.